The van der Waals surface area contributed by atoms with Gasteiger partial charge in [-0.05, 0) is 23.1 Å². The van der Waals surface area contributed by atoms with Crippen molar-refractivity contribution in [1.29, 1.82) is 0 Å². The molecule has 2 aromatic carbocycles. The molecule has 0 atom stereocenters. The van der Waals surface area contributed by atoms with Gasteiger partial charge >= 0.3 is 0 Å². The van der Waals surface area contributed by atoms with E-state index in [2.05, 4.69) is 34.4 Å². The molecule has 0 saturated heterocycles. The average molecular weight is 284 g/mol. The maximum Gasteiger partial charge on any atom is 0.293 e. The molecule has 0 radical (unpaired) electrons. The number of hydrogen-bond donors (Lipinski definition) is 2. The van der Waals surface area contributed by atoms with Gasteiger partial charge in [0.1, 0.15) is 0 Å². The molecule has 3 rings (SSSR count). The summed E-state index contributed by atoms with van der Waals surface area (Å²) in [4.78, 5) is 2.89. The van der Waals surface area contributed by atoms with Gasteiger partial charge in [-0.1, -0.05) is 36.4 Å². The molecule has 0 bridgehead atoms. The fourth-order valence-corrected chi connectivity index (χ4v) is 2.75. The Kier molecular flexibility index (Phi) is 3.83. The summed E-state index contributed by atoms with van der Waals surface area (Å²) in [6.07, 6.45) is 0.926. The molecule has 21 heavy (non-hydrogen) atoms. The Morgan fingerprint density at radius 2 is 1.90 bits per heavy atom. The van der Waals surface area contributed by atoms with E-state index in [4.69, 9.17) is 5.21 Å². The summed E-state index contributed by atoms with van der Waals surface area (Å²) < 4.78 is 0. The van der Waals surface area contributed by atoms with Crippen LogP contribution >= 0.6 is 0 Å². The molecule has 1 aliphatic heterocycles. The van der Waals surface area contributed by atoms with Gasteiger partial charge < -0.3 is 5.21 Å². The van der Waals surface area contributed by atoms with Crippen LogP contribution in [-0.2, 0) is 19.5 Å². The maximum absolute atomic E-state index is 9.38. The normalized spacial score (nSPS) is 15.7. The molecule has 1 heterocycles. The van der Waals surface area contributed by atoms with E-state index in [1.807, 2.05) is 18.2 Å². The molecular weight excluding hydrogens is 266 g/mol. The Balaban J connectivity index is 1.74. The molecule has 0 aromatic heterocycles. The molecule has 1 aliphatic rings. The summed E-state index contributed by atoms with van der Waals surface area (Å²) in [6, 6.07) is 16.1. The van der Waals surface area contributed by atoms with Crippen molar-refractivity contribution < 1.29 is 15.3 Å². The molecule has 5 nitrogen and oxygen atoms in total. The second kappa shape index (κ2) is 5.93. The second-order valence-corrected chi connectivity index (χ2v) is 5.28. The summed E-state index contributed by atoms with van der Waals surface area (Å²) in [5.74, 6) is 0. The Hall–Kier alpha value is -2.40. The Morgan fingerprint density at radius 1 is 1.10 bits per heavy atom. The van der Waals surface area contributed by atoms with E-state index in [-0.39, 0.29) is 0 Å². The fraction of sp³-hybridized carbons (Fsp3) is 0.250. The first-order chi connectivity index (χ1) is 10.3. The Morgan fingerprint density at radius 3 is 2.67 bits per heavy atom. The first kappa shape index (κ1) is 13.6. The van der Waals surface area contributed by atoms with Crippen LogP contribution in [0.5, 0.6) is 0 Å². The number of hydrogen-bond acceptors (Lipinski definition) is 2. The number of benzene rings is 2. The van der Waals surface area contributed by atoms with Gasteiger partial charge in [0.2, 0.25) is 5.28 Å². The predicted molar refractivity (Wildman–Crippen MR) is 76.6 cm³/mol. The average Bonchev–Trinajstić information content (AvgIpc) is 2.54. The molecule has 0 amide bonds. The summed E-state index contributed by atoms with van der Waals surface area (Å²) >= 11 is 0. The van der Waals surface area contributed by atoms with Crippen LogP contribution in [0.2, 0.25) is 0 Å². The van der Waals surface area contributed by atoms with Crippen LogP contribution in [0.1, 0.15) is 16.7 Å². The lowest BCUT2D eigenvalue weighted by Crippen LogP contribution is -2.30. The minimum absolute atomic E-state index is 0.479. The first-order valence-corrected chi connectivity index (χ1v) is 6.98. The van der Waals surface area contributed by atoms with E-state index in [0.717, 1.165) is 26.1 Å². The third kappa shape index (κ3) is 3.03. The highest BCUT2D eigenvalue weighted by molar-refractivity contribution is 5.40. The van der Waals surface area contributed by atoms with Gasteiger partial charge in [-0.2, -0.15) is 0 Å². The van der Waals surface area contributed by atoms with Crippen molar-refractivity contribution in [2.24, 2.45) is 5.28 Å². The van der Waals surface area contributed by atoms with Crippen LogP contribution in [0.25, 0.3) is 0 Å². The second-order valence-electron chi connectivity index (χ2n) is 5.28. The van der Waals surface area contributed by atoms with Crippen molar-refractivity contribution in [2.45, 2.75) is 19.5 Å². The lowest BCUT2D eigenvalue weighted by molar-refractivity contribution is -0.778. The van der Waals surface area contributed by atoms with Crippen molar-refractivity contribution in [3.05, 3.63) is 65.2 Å². The van der Waals surface area contributed by atoms with Gasteiger partial charge in [0.05, 0.1) is 0 Å². The van der Waals surface area contributed by atoms with Gasteiger partial charge in [0, 0.05) is 31.8 Å². The number of rotatable bonds is 3. The third-order valence-corrected chi connectivity index (χ3v) is 3.85. The van der Waals surface area contributed by atoms with Crippen LogP contribution in [0.15, 0.2) is 53.8 Å². The van der Waals surface area contributed by atoms with E-state index >= 15 is 0 Å². The zero-order chi connectivity index (χ0) is 14.7. The summed E-state index contributed by atoms with van der Waals surface area (Å²) in [7, 11) is 0. The van der Waals surface area contributed by atoms with E-state index in [0.29, 0.717) is 10.5 Å². The van der Waals surface area contributed by atoms with Crippen molar-refractivity contribution >= 4 is 5.69 Å². The molecule has 0 unspecified atom stereocenters. The summed E-state index contributed by atoms with van der Waals surface area (Å²) in [5.41, 5.74) is 4.25. The molecule has 108 valence electrons. The molecule has 0 spiro atoms. The van der Waals surface area contributed by atoms with E-state index in [1.165, 1.54) is 16.7 Å². The largest absolute Gasteiger partial charge is 0.359 e. The zero-order valence-corrected chi connectivity index (χ0v) is 11.7. The molecule has 5 heteroatoms. The smallest absolute Gasteiger partial charge is 0.293 e. The van der Waals surface area contributed by atoms with E-state index < -0.39 is 0 Å². The molecule has 2 N–H and O–H groups in total. The lowest BCUT2D eigenvalue weighted by Gasteiger charge is -2.28. The van der Waals surface area contributed by atoms with Crippen LogP contribution in [0.3, 0.4) is 0 Å². The van der Waals surface area contributed by atoms with Crippen LogP contribution in [-0.4, -0.2) is 26.7 Å². The highest BCUT2D eigenvalue weighted by Crippen LogP contribution is 2.24. The van der Waals surface area contributed by atoms with E-state index in [1.54, 1.807) is 6.07 Å². The predicted octanol–water partition coefficient (Wildman–Crippen LogP) is 3.12. The van der Waals surface area contributed by atoms with Gasteiger partial charge in [0.25, 0.3) is 5.69 Å². The van der Waals surface area contributed by atoms with Crippen molar-refractivity contribution in [2.75, 3.05) is 6.54 Å². The molecule has 0 saturated carbocycles. The minimum Gasteiger partial charge on any atom is -0.359 e. The van der Waals surface area contributed by atoms with Crippen molar-refractivity contribution in [1.82, 2.24) is 4.90 Å². The summed E-state index contributed by atoms with van der Waals surface area (Å²) in [5, 5.41) is 20.7. The molecule has 0 fully saturated rings. The third-order valence-electron chi connectivity index (χ3n) is 3.85. The van der Waals surface area contributed by atoms with Gasteiger partial charge in [-0.25, -0.2) is 0 Å². The van der Waals surface area contributed by atoms with Gasteiger partial charge in [0.15, 0.2) is 4.86 Å². The highest BCUT2D eigenvalue weighted by atomic mass is 16.6. The number of fused-ring (bicyclic) bond motifs is 1. The molecule has 0 aliphatic carbocycles. The highest BCUT2D eigenvalue weighted by Gasteiger charge is 2.20. The molecule has 2 aromatic rings. The van der Waals surface area contributed by atoms with Crippen LogP contribution in [0, 0.1) is 0 Å². The van der Waals surface area contributed by atoms with Crippen LogP contribution in [0.4, 0.5) is 5.69 Å². The van der Waals surface area contributed by atoms with Crippen molar-refractivity contribution in [3.63, 3.8) is 0 Å². The van der Waals surface area contributed by atoms with Crippen molar-refractivity contribution in [3.8, 4) is 0 Å². The number of nitrogens with zero attached hydrogens (tertiary/aromatic N) is 3. The Bertz CT molecular complexity index is 656. The van der Waals surface area contributed by atoms with Gasteiger partial charge in [-0.15, -0.1) is 0 Å². The molecular formula is C16H18N3O2+. The topological polar surface area (TPSA) is 59.1 Å². The standard InChI is InChI=1S/C16H17N3O2/c20-17-19(21)16-7-6-15-12-18(9-8-14(15)10-16)11-13-4-2-1-3-5-13/h1-7,10,21H,8-9,11-12H2/p+1. The monoisotopic (exact) mass is 284 g/mol. The maximum atomic E-state index is 9.38. The zero-order valence-electron chi connectivity index (χ0n) is 11.7. The minimum atomic E-state index is 0.479. The van der Waals surface area contributed by atoms with Gasteiger partial charge in [-0.3, -0.25) is 10.1 Å². The fourth-order valence-electron chi connectivity index (χ4n) is 2.75. The first-order valence-electron chi connectivity index (χ1n) is 6.98. The quantitative estimate of drug-likeness (QED) is 0.517. The Labute approximate surface area is 123 Å². The summed E-state index contributed by atoms with van der Waals surface area (Å²) in [6.45, 7) is 2.82. The van der Waals surface area contributed by atoms with Crippen LogP contribution < -0.4 is 0 Å². The lowest BCUT2D eigenvalue weighted by atomic mass is 9.98. The van der Waals surface area contributed by atoms with E-state index in [9.17, 15) is 5.21 Å². The SMILES string of the molecule is ON=[N+](O)c1ccc2c(c1)CCN(Cc1ccccc1)C2.